The summed E-state index contributed by atoms with van der Waals surface area (Å²) in [5, 5.41) is 26.7. The van der Waals surface area contributed by atoms with Crippen molar-refractivity contribution in [3.05, 3.63) is 23.3 Å². The van der Waals surface area contributed by atoms with Crippen LogP contribution in [-0.2, 0) is 12.8 Å². The van der Waals surface area contributed by atoms with Crippen LogP contribution in [0.4, 0.5) is 0 Å². The molecule has 30 heavy (non-hydrogen) atoms. The molecule has 0 heterocycles. The van der Waals surface area contributed by atoms with Crippen LogP contribution in [0, 0.1) is 0 Å². The molecule has 0 aliphatic heterocycles. The number of ether oxygens (including phenoxy) is 2. The Morgan fingerprint density at radius 1 is 0.767 bits per heavy atom. The monoisotopic (exact) mass is 466 g/mol. The topological polar surface area (TPSA) is 83.0 Å². The van der Waals surface area contributed by atoms with Crippen LogP contribution >= 0.6 is 24.8 Å². The molecule has 1 aromatic rings. The lowest BCUT2D eigenvalue weighted by molar-refractivity contribution is 0.0908. The van der Waals surface area contributed by atoms with Crippen LogP contribution in [0.15, 0.2) is 12.1 Å². The van der Waals surface area contributed by atoms with E-state index in [0.717, 1.165) is 12.8 Å². The third kappa shape index (κ3) is 10.5. The number of hydrogen-bond acceptors (Lipinski definition) is 6. The molecule has 0 aromatic heterocycles. The largest absolute Gasteiger partial charge is 0.487 e. The average molecular weight is 467 g/mol. The number of aliphatic hydroxyl groups excluding tert-OH is 2. The van der Waals surface area contributed by atoms with E-state index in [2.05, 4.69) is 10.6 Å². The van der Waals surface area contributed by atoms with Gasteiger partial charge in [-0.15, -0.1) is 24.8 Å². The summed E-state index contributed by atoms with van der Waals surface area (Å²) in [6.07, 6.45) is 3.29. The Morgan fingerprint density at radius 3 is 1.47 bits per heavy atom. The van der Waals surface area contributed by atoms with Gasteiger partial charge in [0.15, 0.2) is 11.5 Å². The molecule has 1 aromatic carbocycles. The van der Waals surface area contributed by atoms with E-state index in [1.165, 1.54) is 24.0 Å². The Balaban J connectivity index is 0.00000420. The fourth-order valence-electron chi connectivity index (χ4n) is 3.20. The molecular weight excluding hydrogens is 427 g/mol. The lowest BCUT2D eigenvalue weighted by atomic mass is 9.91. The van der Waals surface area contributed by atoms with E-state index in [1.54, 1.807) is 0 Å². The van der Waals surface area contributed by atoms with E-state index in [-0.39, 0.29) is 38.0 Å². The predicted octanol–water partition coefficient (Wildman–Crippen LogP) is 2.88. The SMILES string of the molecule is CC(C)NCC(O)COc1cc2c(cc1OCC(O)CNC(C)C)CCCC2.Cl.Cl. The number of rotatable bonds is 12. The summed E-state index contributed by atoms with van der Waals surface area (Å²) in [7, 11) is 0. The molecule has 0 radical (unpaired) electrons. The van der Waals surface area contributed by atoms with Crippen LogP contribution in [-0.4, -0.2) is 60.8 Å². The van der Waals surface area contributed by atoms with Crippen molar-refractivity contribution in [3.63, 3.8) is 0 Å². The highest BCUT2D eigenvalue weighted by molar-refractivity contribution is 5.85. The van der Waals surface area contributed by atoms with Gasteiger partial charge < -0.3 is 30.3 Å². The third-order valence-electron chi connectivity index (χ3n) is 4.79. The lowest BCUT2D eigenvalue weighted by Gasteiger charge is -2.22. The summed E-state index contributed by atoms with van der Waals surface area (Å²) in [5.74, 6) is 1.29. The van der Waals surface area contributed by atoms with E-state index >= 15 is 0 Å². The smallest absolute Gasteiger partial charge is 0.161 e. The summed E-state index contributed by atoms with van der Waals surface area (Å²) in [5.41, 5.74) is 2.59. The van der Waals surface area contributed by atoms with Crippen LogP contribution in [0.2, 0.25) is 0 Å². The Kier molecular flexibility index (Phi) is 14.7. The molecule has 0 amide bonds. The number of fused-ring (bicyclic) bond motifs is 1. The third-order valence-corrected chi connectivity index (χ3v) is 4.79. The molecule has 0 saturated carbocycles. The average Bonchev–Trinajstić information content (AvgIpc) is 2.67. The maximum Gasteiger partial charge on any atom is 0.161 e. The Morgan fingerprint density at radius 2 is 1.13 bits per heavy atom. The van der Waals surface area contributed by atoms with Crippen LogP contribution in [0.5, 0.6) is 11.5 Å². The fourth-order valence-corrected chi connectivity index (χ4v) is 3.20. The highest BCUT2D eigenvalue weighted by Crippen LogP contribution is 2.34. The number of aryl methyl sites for hydroxylation is 2. The molecule has 0 saturated heterocycles. The summed E-state index contributed by atoms with van der Waals surface area (Å²) < 4.78 is 11.8. The van der Waals surface area contributed by atoms with Gasteiger partial charge in [-0.1, -0.05) is 27.7 Å². The molecule has 6 nitrogen and oxygen atoms in total. The van der Waals surface area contributed by atoms with Crippen LogP contribution < -0.4 is 20.1 Å². The van der Waals surface area contributed by atoms with Crippen LogP contribution in [0.3, 0.4) is 0 Å². The van der Waals surface area contributed by atoms with Crippen LogP contribution in [0.25, 0.3) is 0 Å². The lowest BCUT2D eigenvalue weighted by Crippen LogP contribution is -2.35. The van der Waals surface area contributed by atoms with E-state index in [0.29, 0.717) is 36.7 Å². The van der Waals surface area contributed by atoms with Gasteiger partial charge in [0.05, 0.1) is 0 Å². The van der Waals surface area contributed by atoms with Crippen molar-refractivity contribution in [2.75, 3.05) is 26.3 Å². The van der Waals surface area contributed by atoms with Crippen molar-refractivity contribution in [1.29, 1.82) is 0 Å². The first kappa shape index (κ1) is 29.2. The molecule has 176 valence electrons. The maximum atomic E-state index is 10.2. The van der Waals surface area contributed by atoms with E-state index in [1.807, 2.05) is 39.8 Å². The number of aliphatic hydroxyl groups is 2. The zero-order chi connectivity index (χ0) is 20.5. The van der Waals surface area contributed by atoms with Gasteiger partial charge >= 0.3 is 0 Å². The van der Waals surface area contributed by atoms with E-state index < -0.39 is 12.2 Å². The molecule has 2 rings (SSSR count). The zero-order valence-electron chi connectivity index (χ0n) is 18.6. The molecule has 0 spiro atoms. The van der Waals surface area contributed by atoms with Gasteiger partial charge in [-0.2, -0.15) is 0 Å². The Labute approximate surface area is 193 Å². The molecule has 4 N–H and O–H groups in total. The fraction of sp³-hybridized carbons (Fsp3) is 0.727. The second-order valence-corrected chi connectivity index (χ2v) is 8.33. The van der Waals surface area contributed by atoms with Gasteiger partial charge in [0, 0.05) is 25.2 Å². The summed E-state index contributed by atoms with van der Waals surface area (Å²) in [4.78, 5) is 0. The molecule has 2 unspecified atom stereocenters. The molecule has 0 fully saturated rings. The minimum Gasteiger partial charge on any atom is -0.487 e. The van der Waals surface area contributed by atoms with Gasteiger partial charge in [-0.05, 0) is 48.9 Å². The number of benzene rings is 1. The normalized spacial score (nSPS) is 15.1. The molecule has 1 aliphatic carbocycles. The van der Waals surface area contributed by atoms with Crippen molar-refractivity contribution in [3.8, 4) is 11.5 Å². The van der Waals surface area contributed by atoms with Crippen molar-refractivity contribution >= 4 is 24.8 Å². The van der Waals surface area contributed by atoms with Gasteiger partial charge in [0.1, 0.15) is 25.4 Å². The standard InChI is InChI=1S/C22H38N2O4.2ClH/c1-15(2)23-11-19(25)13-27-21-9-17-7-5-6-8-18(17)10-22(21)28-14-20(26)12-24-16(3)4;;/h9-10,15-16,19-20,23-26H,5-8,11-14H2,1-4H3;2*1H. The molecule has 2 atom stereocenters. The van der Waals surface area contributed by atoms with E-state index in [9.17, 15) is 10.2 Å². The number of halogens is 2. The molecule has 8 heteroatoms. The van der Waals surface area contributed by atoms with Crippen molar-refractivity contribution in [1.82, 2.24) is 10.6 Å². The first-order chi connectivity index (χ1) is 13.3. The summed E-state index contributed by atoms with van der Waals surface area (Å²) >= 11 is 0. The second-order valence-electron chi connectivity index (χ2n) is 8.33. The maximum absolute atomic E-state index is 10.2. The van der Waals surface area contributed by atoms with E-state index in [4.69, 9.17) is 9.47 Å². The van der Waals surface area contributed by atoms with Crippen molar-refractivity contribution in [2.24, 2.45) is 0 Å². The highest BCUT2D eigenvalue weighted by atomic mass is 35.5. The summed E-state index contributed by atoms with van der Waals surface area (Å²) in [6.45, 7) is 9.55. The Hall–Kier alpha value is -0.760. The Bertz CT molecular complexity index is 552. The summed E-state index contributed by atoms with van der Waals surface area (Å²) in [6, 6.07) is 4.73. The quantitative estimate of drug-likeness (QED) is 0.379. The molecular formula is C22H40Cl2N2O4. The molecule has 1 aliphatic rings. The number of nitrogens with one attached hydrogen (secondary N) is 2. The zero-order valence-corrected chi connectivity index (χ0v) is 20.3. The van der Waals surface area contributed by atoms with Gasteiger partial charge in [0.2, 0.25) is 0 Å². The molecule has 0 bridgehead atoms. The second kappa shape index (κ2) is 15.1. The van der Waals surface area contributed by atoms with Gasteiger partial charge in [0.25, 0.3) is 0 Å². The van der Waals surface area contributed by atoms with Crippen molar-refractivity contribution < 1.29 is 19.7 Å². The predicted molar refractivity (Wildman–Crippen MR) is 127 cm³/mol. The van der Waals surface area contributed by atoms with Crippen molar-refractivity contribution in [2.45, 2.75) is 77.7 Å². The van der Waals surface area contributed by atoms with Crippen LogP contribution in [0.1, 0.15) is 51.7 Å². The first-order valence-corrected chi connectivity index (χ1v) is 10.6. The van der Waals surface area contributed by atoms with Gasteiger partial charge in [-0.3, -0.25) is 0 Å². The minimum atomic E-state index is -0.591. The number of hydrogen-bond donors (Lipinski definition) is 4. The highest BCUT2D eigenvalue weighted by Gasteiger charge is 2.17. The first-order valence-electron chi connectivity index (χ1n) is 10.6. The van der Waals surface area contributed by atoms with Gasteiger partial charge in [-0.25, -0.2) is 0 Å². The minimum absolute atomic E-state index is 0.